The number of hydrogen-bond acceptors (Lipinski definition) is 6. The first-order valence-corrected chi connectivity index (χ1v) is 8.13. The van der Waals surface area contributed by atoms with Crippen molar-refractivity contribution in [2.75, 3.05) is 29.2 Å². The van der Waals surface area contributed by atoms with Crippen molar-refractivity contribution in [2.24, 2.45) is 0 Å². The first-order chi connectivity index (χ1) is 10.1. The van der Waals surface area contributed by atoms with Gasteiger partial charge in [-0.3, -0.25) is 0 Å². The molecule has 0 unspecified atom stereocenters. The molecule has 0 aliphatic rings. The highest BCUT2D eigenvalue weighted by molar-refractivity contribution is 5.47. The number of hydrogen-bond donors (Lipinski definition) is 1. The van der Waals surface area contributed by atoms with Gasteiger partial charge in [0.25, 0.3) is 0 Å². The van der Waals surface area contributed by atoms with Gasteiger partial charge < -0.3 is 15.1 Å². The minimum Gasteiger partial charge on any atom is -0.349 e. The normalized spacial score (nSPS) is 13.0. The van der Waals surface area contributed by atoms with Crippen LogP contribution in [0.25, 0.3) is 0 Å². The van der Waals surface area contributed by atoms with Gasteiger partial charge in [0, 0.05) is 30.7 Å². The first-order valence-electron chi connectivity index (χ1n) is 8.13. The standard InChI is InChI=1S/C17H34N6/c1-15(2,3)21-12-18-13(22(10)16(4,5)6)20-14(19-12)23(11)17(7,8)9/h1-11H3,(H,18,19,20,21). The van der Waals surface area contributed by atoms with Crippen molar-refractivity contribution in [3.05, 3.63) is 0 Å². The third-order valence-electron chi connectivity index (χ3n) is 3.71. The second-order valence-corrected chi connectivity index (χ2v) is 9.09. The fourth-order valence-electron chi connectivity index (χ4n) is 1.65. The summed E-state index contributed by atoms with van der Waals surface area (Å²) >= 11 is 0. The van der Waals surface area contributed by atoms with Crippen molar-refractivity contribution < 1.29 is 0 Å². The highest BCUT2D eigenvalue weighted by Crippen LogP contribution is 2.25. The minimum absolute atomic E-state index is 0.0715. The summed E-state index contributed by atoms with van der Waals surface area (Å²) in [7, 11) is 4.02. The van der Waals surface area contributed by atoms with E-state index in [2.05, 4.69) is 92.4 Å². The average molecular weight is 323 g/mol. The lowest BCUT2D eigenvalue weighted by Crippen LogP contribution is -2.42. The largest absolute Gasteiger partial charge is 0.349 e. The van der Waals surface area contributed by atoms with E-state index in [-0.39, 0.29) is 16.6 Å². The summed E-state index contributed by atoms with van der Waals surface area (Å²) in [5, 5.41) is 3.36. The van der Waals surface area contributed by atoms with E-state index in [0.717, 1.165) is 0 Å². The molecule has 0 fully saturated rings. The summed E-state index contributed by atoms with van der Waals surface area (Å²) in [6.07, 6.45) is 0. The highest BCUT2D eigenvalue weighted by Gasteiger charge is 2.26. The molecule has 132 valence electrons. The quantitative estimate of drug-likeness (QED) is 0.918. The Morgan fingerprint density at radius 3 is 1.26 bits per heavy atom. The van der Waals surface area contributed by atoms with Crippen LogP contribution >= 0.6 is 0 Å². The summed E-state index contributed by atoms with van der Waals surface area (Å²) in [5.41, 5.74) is -0.258. The van der Waals surface area contributed by atoms with E-state index in [1.165, 1.54) is 0 Å². The van der Waals surface area contributed by atoms with Crippen LogP contribution in [0.5, 0.6) is 0 Å². The SMILES string of the molecule is CN(c1nc(NC(C)(C)C)nc(N(C)C(C)(C)C)n1)C(C)(C)C. The molecule has 1 rings (SSSR count). The molecule has 0 aliphatic carbocycles. The lowest BCUT2D eigenvalue weighted by Gasteiger charge is -2.35. The first kappa shape index (κ1) is 19.5. The summed E-state index contributed by atoms with van der Waals surface area (Å²) in [4.78, 5) is 18.1. The summed E-state index contributed by atoms with van der Waals surface area (Å²) in [6.45, 7) is 19.1. The highest BCUT2D eigenvalue weighted by atomic mass is 15.4. The van der Waals surface area contributed by atoms with Crippen LogP contribution in [-0.4, -0.2) is 45.7 Å². The van der Waals surface area contributed by atoms with Gasteiger partial charge in [0.2, 0.25) is 17.8 Å². The third-order valence-corrected chi connectivity index (χ3v) is 3.71. The van der Waals surface area contributed by atoms with Crippen molar-refractivity contribution in [1.82, 2.24) is 15.0 Å². The van der Waals surface area contributed by atoms with Crippen LogP contribution in [0.4, 0.5) is 17.8 Å². The molecule has 6 heteroatoms. The zero-order valence-electron chi connectivity index (χ0n) is 16.7. The molecule has 1 aromatic heterocycles. The van der Waals surface area contributed by atoms with Crippen molar-refractivity contribution in [2.45, 2.75) is 78.9 Å². The van der Waals surface area contributed by atoms with Crippen LogP contribution in [0, 0.1) is 0 Å². The molecule has 0 saturated carbocycles. The molecule has 0 atom stereocenters. The van der Waals surface area contributed by atoms with Crippen LogP contribution < -0.4 is 15.1 Å². The summed E-state index contributed by atoms with van der Waals surface area (Å²) in [6, 6.07) is 0. The molecule has 1 heterocycles. The Labute approximate surface area is 141 Å². The van der Waals surface area contributed by atoms with E-state index < -0.39 is 0 Å². The van der Waals surface area contributed by atoms with Gasteiger partial charge in [0.15, 0.2) is 0 Å². The Hall–Kier alpha value is -1.59. The van der Waals surface area contributed by atoms with Gasteiger partial charge >= 0.3 is 0 Å². The Kier molecular flexibility index (Phi) is 5.19. The molecule has 0 spiro atoms. The number of nitrogens with one attached hydrogen (secondary N) is 1. The topological polar surface area (TPSA) is 57.2 Å². The van der Waals surface area contributed by atoms with Crippen LogP contribution in [-0.2, 0) is 0 Å². The Morgan fingerprint density at radius 2 is 1.00 bits per heavy atom. The molecular formula is C17H34N6. The van der Waals surface area contributed by atoms with Crippen LogP contribution in [0.3, 0.4) is 0 Å². The number of rotatable bonds is 3. The monoisotopic (exact) mass is 322 g/mol. The molecule has 0 aliphatic heterocycles. The molecule has 0 bridgehead atoms. The molecule has 0 saturated heterocycles. The van der Waals surface area contributed by atoms with E-state index in [1.54, 1.807) is 0 Å². The van der Waals surface area contributed by atoms with Gasteiger partial charge in [0.1, 0.15) is 0 Å². The molecule has 6 nitrogen and oxygen atoms in total. The molecular weight excluding hydrogens is 288 g/mol. The second-order valence-electron chi connectivity index (χ2n) is 9.09. The molecule has 1 aromatic rings. The van der Waals surface area contributed by atoms with Gasteiger partial charge in [-0.05, 0) is 62.3 Å². The molecule has 1 N–H and O–H groups in total. The minimum atomic E-state index is -0.115. The van der Waals surface area contributed by atoms with Gasteiger partial charge in [-0.15, -0.1) is 0 Å². The van der Waals surface area contributed by atoms with Gasteiger partial charge in [0.05, 0.1) is 0 Å². The van der Waals surface area contributed by atoms with E-state index in [1.807, 2.05) is 14.1 Å². The number of nitrogens with zero attached hydrogens (tertiary/aromatic N) is 5. The molecule has 0 aromatic carbocycles. The lowest BCUT2D eigenvalue weighted by atomic mass is 10.1. The van der Waals surface area contributed by atoms with Crippen molar-refractivity contribution in [3.8, 4) is 0 Å². The average Bonchev–Trinajstić information content (AvgIpc) is 2.32. The Bertz CT molecular complexity index is 495. The van der Waals surface area contributed by atoms with E-state index >= 15 is 0 Å². The predicted molar refractivity (Wildman–Crippen MR) is 99.5 cm³/mol. The molecule has 23 heavy (non-hydrogen) atoms. The van der Waals surface area contributed by atoms with Gasteiger partial charge in [-0.1, -0.05) is 0 Å². The zero-order chi connectivity index (χ0) is 18.2. The van der Waals surface area contributed by atoms with Crippen molar-refractivity contribution >= 4 is 17.8 Å². The fourth-order valence-corrected chi connectivity index (χ4v) is 1.65. The van der Waals surface area contributed by atoms with E-state index in [0.29, 0.717) is 17.8 Å². The fraction of sp³-hybridized carbons (Fsp3) is 0.824. The Balaban J connectivity index is 3.39. The maximum atomic E-state index is 4.69. The summed E-state index contributed by atoms with van der Waals surface area (Å²) in [5.74, 6) is 1.94. The molecule has 0 amide bonds. The Morgan fingerprint density at radius 1 is 0.652 bits per heavy atom. The van der Waals surface area contributed by atoms with Crippen molar-refractivity contribution in [3.63, 3.8) is 0 Å². The lowest BCUT2D eigenvalue weighted by molar-refractivity contribution is 0.515. The van der Waals surface area contributed by atoms with Crippen LogP contribution in [0.15, 0.2) is 0 Å². The zero-order valence-corrected chi connectivity index (χ0v) is 16.7. The third kappa shape index (κ3) is 5.52. The predicted octanol–water partition coefficient (Wildman–Crippen LogP) is 3.55. The number of aromatic nitrogens is 3. The van der Waals surface area contributed by atoms with Crippen molar-refractivity contribution in [1.29, 1.82) is 0 Å². The maximum Gasteiger partial charge on any atom is 0.232 e. The van der Waals surface area contributed by atoms with Gasteiger partial charge in [-0.2, -0.15) is 15.0 Å². The maximum absolute atomic E-state index is 4.69. The molecule has 0 radical (unpaired) electrons. The van der Waals surface area contributed by atoms with Crippen LogP contribution in [0.2, 0.25) is 0 Å². The summed E-state index contributed by atoms with van der Waals surface area (Å²) < 4.78 is 0. The number of anilines is 3. The second kappa shape index (κ2) is 6.13. The van der Waals surface area contributed by atoms with Crippen LogP contribution in [0.1, 0.15) is 62.3 Å². The van der Waals surface area contributed by atoms with E-state index in [9.17, 15) is 0 Å². The van der Waals surface area contributed by atoms with E-state index in [4.69, 9.17) is 0 Å². The van der Waals surface area contributed by atoms with Gasteiger partial charge in [-0.25, -0.2) is 0 Å². The smallest absolute Gasteiger partial charge is 0.232 e.